The van der Waals surface area contributed by atoms with Gasteiger partial charge in [0.25, 0.3) is 5.91 Å². The maximum absolute atomic E-state index is 12.9. The van der Waals surface area contributed by atoms with E-state index in [0.717, 1.165) is 24.2 Å². The van der Waals surface area contributed by atoms with Crippen LogP contribution in [0, 0.1) is 13.8 Å². The van der Waals surface area contributed by atoms with Gasteiger partial charge in [-0.2, -0.15) is 13.2 Å². The molecule has 1 atom stereocenters. The summed E-state index contributed by atoms with van der Waals surface area (Å²) in [5, 5.41) is 12.4. The topological polar surface area (TPSA) is 108 Å². The number of hydrogen-bond acceptors (Lipinski definition) is 6. The van der Waals surface area contributed by atoms with Crippen LogP contribution in [-0.2, 0) is 6.18 Å². The second kappa shape index (κ2) is 9.78. The number of carbonyl (C=O) groups excluding carboxylic acids is 1. The fourth-order valence-electron chi connectivity index (χ4n) is 3.53. The normalized spacial score (nSPS) is 16.7. The number of rotatable bonds is 7. The number of H-pyrrole nitrogens is 1. The molecule has 0 saturated carbocycles. The molecule has 1 aromatic carbocycles. The maximum atomic E-state index is 12.9. The standard InChI is InChI=1S/C21H26F3N3O5/c1-12-3-4-16(9-13(12)2)31-15-5-7-27(8-6-15)11-14(28)10-25-19(29)17-18(21(22,23)24)26-20(30)32-17/h3-4,9,14-15,28H,5-8,10-11H2,1-2H3,(H,25,29)(H,26,30)/t14-/m1/s1. The van der Waals surface area contributed by atoms with Crippen molar-refractivity contribution in [3.05, 3.63) is 51.3 Å². The van der Waals surface area contributed by atoms with Gasteiger partial charge in [-0.3, -0.25) is 9.78 Å². The van der Waals surface area contributed by atoms with Crippen LogP contribution in [0.5, 0.6) is 5.75 Å². The molecule has 11 heteroatoms. The van der Waals surface area contributed by atoms with E-state index in [-0.39, 0.29) is 19.2 Å². The van der Waals surface area contributed by atoms with Gasteiger partial charge >= 0.3 is 11.9 Å². The van der Waals surface area contributed by atoms with Crippen molar-refractivity contribution in [2.45, 2.75) is 45.1 Å². The molecule has 1 amide bonds. The summed E-state index contributed by atoms with van der Waals surface area (Å²) in [6.45, 7) is 5.36. The molecule has 176 valence electrons. The molecular weight excluding hydrogens is 431 g/mol. The zero-order valence-electron chi connectivity index (χ0n) is 17.8. The van der Waals surface area contributed by atoms with Crippen molar-refractivity contribution >= 4 is 5.91 Å². The predicted octanol–water partition coefficient (Wildman–Crippen LogP) is 2.24. The number of nitrogens with zero attached hydrogens (tertiary/aromatic N) is 1. The summed E-state index contributed by atoms with van der Waals surface area (Å²) in [7, 11) is 0. The molecule has 1 aromatic heterocycles. The summed E-state index contributed by atoms with van der Waals surface area (Å²) in [5.41, 5.74) is 0.799. The number of hydrogen-bond donors (Lipinski definition) is 3. The van der Waals surface area contributed by atoms with Crippen LogP contribution >= 0.6 is 0 Å². The highest BCUT2D eigenvalue weighted by molar-refractivity contribution is 5.92. The van der Waals surface area contributed by atoms with Gasteiger partial charge < -0.3 is 24.5 Å². The minimum absolute atomic E-state index is 0.0579. The molecule has 1 fully saturated rings. The Morgan fingerprint density at radius 3 is 2.62 bits per heavy atom. The van der Waals surface area contributed by atoms with Crippen molar-refractivity contribution in [2.75, 3.05) is 26.2 Å². The zero-order valence-corrected chi connectivity index (χ0v) is 17.8. The number of piperidine rings is 1. The first-order valence-electron chi connectivity index (χ1n) is 10.3. The van der Waals surface area contributed by atoms with Crippen molar-refractivity contribution < 1.29 is 32.2 Å². The third-order valence-corrected chi connectivity index (χ3v) is 5.42. The average molecular weight is 457 g/mol. The van der Waals surface area contributed by atoms with Crippen molar-refractivity contribution in [1.82, 2.24) is 15.2 Å². The highest BCUT2D eigenvalue weighted by Gasteiger charge is 2.40. The number of benzene rings is 1. The summed E-state index contributed by atoms with van der Waals surface area (Å²) >= 11 is 0. The number of likely N-dealkylation sites (tertiary alicyclic amines) is 1. The number of aromatic amines is 1. The predicted molar refractivity (Wildman–Crippen MR) is 109 cm³/mol. The number of oxazole rings is 1. The summed E-state index contributed by atoms with van der Waals surface area (Å²) < 4.78 is 48.9. The van der Waals surface area contributed by atoms with E-state index in [1.54, 1.807) is 0 Å². The molecule has 32 heavy (non-hydrogen) atoms. The number of nitrogens with one attached hydrogen (secondary N) is 2. The maximum Gasteiger partial charge on any atom is 0.435 e. The Labute approximate surface area is 182 Å². The van der Waals surface area contributed by atoms with Gasteiger partial charge in [0.05, 0.1) is 6.10 Å². The third kappa shape index (κ3) is 6.13. The quantitative estimate of drug-likeness (QED) is 0.589. The Hall–Kier alpha value is -2.79. The highest BCUT2D eigenvalue weighted by Crippen LogP contribution is 2.29. The van der Waals surface area contributed by atoms with Gasteiger partial charge in [-0.25, -0.2) is 4.79 Å². The number of aliphatic hydroxyl groups is 1. The molecule has 8 nitrogen and oxygen atoms in total. The SMILES string of the molecule is Cc1ccc(OC2CCN(C[C@H](O)CNC(=O)c3oc(=O)[nH]c3C(F)(F)F)CC2)cc1C. The van der Waals surface area contributed by atoms with E-state index in [1.807, 2.05) is 36.9 Å². The van der Waals surface area contributed by atoms with Gasteiger partial charge in [0, 0.05) is 26.2 Å². The smallest absolute Gasteiger partial charge is 0.435 e. The summed E-state index contributed by atoms with van der Waals surface area (Å²) in [6, 6.07) is 5.96. The van der Waals surface area contributed by atoms with E-state index in [0.29, 0.717) is 13.1 Å². The summed E-state index contributed by atoms with van der Waals surface area (Å²) in [5.74, 6) is -2.94. The largest absolute Gasteiger partial charge is 0.490 e. The van der Waals surface area contributed by atoms with E-state index < -0.39 is 35.4 Å². The first-order valence-corrected chi connectivity index (χ1v) is 10.3. The number of ether oxygens (including phenoxy) is 1. The lowest BCUT2D eigenvalue weighted by molar-refractivity contribution is -0.141. The van der Waals surface area contributed by atoms with E-state index in [4.69, 9.17) is 4.74 Å². The monoisotopic (exact) mass is 457 g/mol. The lowest BCUT2D eigenvalue weighted by Gasteiger charge is -2.33. The number of carbonyl (C=O) groups is 1. The Morgan fingerprint density at radius 2 is 2.00 bits per heavy atom. The summed E-state index contributed by atoms with van der Waals surface area (Å²) in [6.07, 6.45) is -4.37. The van der Waals surface area contributed by atoms with Crippen LogP contribution in [0.4, 0.5) is 13.2 Å². The molecule has 3 rings (SSSR count). The van der Waals surface area contributed by atoms with Crippen molar-refractivity contribution in [2.24, 2.45) is 0 Å². The van der Waals surface area contributed by atoms with Crippen LogP contribution < -0.4 is 15.8 Å². The first kappa shape index (κ1) is 23.9. The number of halogens is 3. The number of aliphatic hydroxyl groups excluding tert-OH is 1. The molecule has 1 saturated heterocycles. The molecule has 0 radical (unpaired) electrons. The van der Waals surface area contributed by atoms with Gasteiger partial charge in [-0.05, 0) is 49.9 Å². The van der Waals surface area contributed by atoms with Gasteiger partial charge in [0.15, 0.2) is 5.69 Å². The van der Waals surface area contributed by atoms with Crippen LogP contribution in [0.25, 0.3) is 0 Å². The average Bonchev–Trinajstić information content (AvgIpc) is 3.13. The van der Waals surface area contributed by atoms with E-state index in [9.17, 15) is 27.9 Å². The Kier molecular flexibility index (Phi) is 7.29. The molecular formula is C21H26F3N3O5. The van der Waals surface area contributed by atoms with Crippen molar-refractivity contribution in [3.8, 4) is 5.75 Å². The Balaban J connectivity index is 1.43. The molecule has 0 spiro atoms. The fraction of sp³-hybridized carbons (Fsp3) is 0.524. The summed E-state index contributed by atoms with van der Waals surface area (Å²) in [4.78, 5) is 26.5. The van der Waals surface area contributed by atoms with Gasteiger partial charge in [0.2, 0.25) is 5.76 Å². The lowest BCUT2D eigenvalue weighted by Crippen LogP contribution is -2.45. The number of β-amino-alcohol motifs (C(OH)–C–C–N with tert-alkyl or cyclic N) is 1. The molecule has 3 N–H and O–H groups in total. The van der Waals surface area contributed by atoms with Crippen molar-refractivity contribution in [3.63, 3.8) is 0 Å². The second-order valence-corrected chi connectivity index (χ2v) is 7.94. The molecule has 1 aliphatic rings. The van der Waals surface area contributed by atoms with E-state index >= 15 is 0 Å². The molecule has 0 unspecified atom stereocenters. The van der Waals surface area contributed by atoms with Crippen LogP contribution in [0.15, 0.2) is 27.4 Å². The second-order valence-electron chi connectivity index (χ2n) is 7.94. The van der Waals surface area contributed by atoms with Gasteiger partial charge in [-0.1, -0.05) is 6.07 Å². The number of aryl methyl sites for hydroxylation is 2. The minimum atomic E-state index is -4.94. The highest BCUT2D eigenvalue weighted by atomic mass is 19.4. The lowest BCUT2D eigenvalue weighted by atomic mass is 10.1. The van der Waals surface area contributed by atoms with E-state index in [1.165, 1.54) is 10.5 Å². The van der Waals surface area contributed by atoms with Crippen LogP contribution in [0.3, 0.4) is 0 Å². The molecule has 0 aliphatic carbocycles. The van der Waals surface area contributed by atoms with Gasteiger partial charge in [-0.15, -0.1) is 0 Å². The van der Waals surface area contributed by atoms with Gasteiger partial charge in [0.1, 0.15) is 11.9 Å². The molecule has 1 aliphatic heterocycles. The van der Waals surface area contributed by atoms with Crippen molar-refractivity contribution in [1.29, 1.82) is 0 Å². The molecule has 0 bridgehead atoms. The zero-order chi connectivity index (χ0) is 23.5. The number of alkyl halides is 3. The molecule has 2 aromatic rings. The van der Waals surface area contributed by atoms with E-state index in [2.05, 4.69) is 9.73 Å². The fourth-order valence-corrected chi connectivity index (χ4v) is 3.53. The van der Waals surface area contributed by atoms with Crippen LogP contribution in [0.1, 0.15) is 40.2 Å². The first-order chi connectivity index (χ1) is 15.0. The number of aromatic nitrogens is 1. The number of amides is 1. The Bertz CT molecular complexity index is 993. The van der Waals surface area contributed by atoms with Crippen LogP contribution in [-0.4, -0.2) is 59.3 Å². The minimum Gasteiger partial charge on any atom is -0.490 e. The third-order valence-electron chi connectivity index (χ3n) is 5.42. The van der Waals surface area contributed by atoms with Crippen LogP contribution in [0.2, 0.25) is 0 Å². The Morgan fingerprint density at radius 1 is 1.31 bits per heavy atom. The molecule has 2 heterocycles.